The third-order valence-corrected chi connectivity index (χ3v) is 20.0. The van der Waals surface area contributed by atoms with Gasteiger partial charge in [-0.3, -0.25) is 28.1 Å². The topological polar surface area (TPSA) is 156 Å². The molecule has 12 nitrogen and oxygen atoms in total. The summed E-state index contributed by atoms with van der Waals surface area (Å²) in [6, 6.07) is 0. The molecule has 52 heavy (non-hydrogen) atoms. The number of hydrogen-bond acceptors (Lipinski definition) is 6. The van der Waals surface area contributed by atoms with Crippen molar-refractivity contribution in [1.29, 1.82) is 0 Å². The van der Waals surface area contributed by atoms with E-state index in [-0.39, 0.29) is 0 Å². The van der Waals surface area contributed by atoms with E-state index in [1.807, 2.05) is 0 Å². The lowest BCUT2D eigenvalue weighted by Gasteiger charge is -2.47. The predicted octanol–water partition coefficient (Wildman–Crippen LogP) is 6.71. The summed E-state index contributed by atoms with van der Waals surface area (Å²) in [6.45, 7) is 21.5. The summed E-state index contributed by atoms with van der Waals surface area (Å²) in [4.78, 5) is 43.4. The van der Waals surface area contributed by atoms with Gasteiger partial charge in [-0.25, -0.2) is 0 Å². The van der Waals surface area contributed by atoms with Gasteiger partial charge in [0.2, 0.25) is 0 Å². The van der Waals surface area contributed by atoms with Crippen LogP contribution in [0.4, 0.5) is 0 Å². The van der Waals surface area contributed by atoms with Crippen molar-refractivity contribution in [2.24, 2.45) is 47.3 Å². The van der Waals surface area contributed by atoms with Gasteiger partial charge in [-0.1, -0.05) is 40.5 Å². The van der Waals surface area contributed by atoms with E-state index in [2.05, 4.69) is 27.7 Å². The van der Waals surface area contributed by atoms with Crippen molar-refractivity contribution in [2.45, 2.75) is 103 Å². The molecule has 0 radical (unpaired) electrons. The minimum absolute atomic E-state index is 0.329. The highest BCUT2D eigenvalue weighted by Crippen LogP contribution is 2.53. The summed E-state index contributed by atoms with van der Waals surface area (Å²) in [5, 5.41) is 0. The normalized spacial score (nSPS) is 39.1. The van der Waals surface area contributed by atoms with Crippen LogP contribution < -0.4 is 0 Å². The van der Waals surface area contributed by atoms with E-state index in [0.29, 0.717) is 61.7 Å². The maximum Gasteiger partial charge on any atom is 0.354 e. The highest BCUT2D eigenvalue weighted by Gasteiger charge is 2.54. The van der Waals surface area contributed by atoms with Crippen LogP contribution in [0.2, 0.25) is 0 Å². The number of quaternary nitrogens is 2. The summed E-state index contributed by atoms with van der Waals surface area (Å²) < 4.78 is 50.8. The molecule has 2 spiro atoms. The van der Waals surface area contributed by atoms with Crippen LogP contribution in [0.25, 0.3) is 0 Å². The van der Waals surface area contributed by atoms with Gasteiger partial charge in [-0.15, -0.1) is 0 Å². The zero-order chi connectivity index (χ0) is 37.9. The quantitative estimate of drug-likeness (QED) is 0.0868. The molecule has 0 aliphatic carbocycles. The van der Waals surface area contributed by atoms with E-state index in [1.165, 1.54) is 74.2 Å². The summed E-state index contributed by atoms with van der Waals surface area (Å²) >= 11 is 0. The molecule has 4 N–H and O–H groups in total. The molecule has 0 aromatic rings. The first-order valence-electron chi connectivity index (χ1n) is 20.6. The van der Waals surface area contributed by atoms with Gasteiger partial charge in [0.15, 0.2) is 28.0 Å². The van der Waals surface area contributed by atoms with Crippen LogP contribution in [0.15, 0.2) is 0 Å². The molecule has 5 heterocycles. The molecule has 0 saturated carbocycles. The lowest BCUT2D eigenvalue weighted by atomic mass is 9.80. The second-order valence-corrected chi connectivity index (χ2v) is 23.5. The van der Waals surface area contributed by atoms with Crippen LogP contribution in [0.3, 0.4) is 0 Å². The number of likely N-dealkylation sites (tertiary alicyclic amines) is 2. The second kappa shape index (κ2) is 18.3. The Bertz CT molecular complexity index is 1210. The van der Waals surface area contributed by atoms with Crippen LogP contribution in [-0.2, 0) is 18.3 Å². The number of nitrogens with zero attached hydrogens (tertiary/aromatic N) is 4. The fourth-order valence-corrected chi connectivity index (χ4v) is 14.9. The first-order valence-corrected chi connectivity index (χ1v) is 25.7. The average molecular weight is 811 g/mol. The fraction of sp³-hybridized carbons (Fsp3) is 1.00. The van der Waals surface area contributed by atoms with E-state index < -0.39 is 43.2 Å². The first kappa shape index (κ1) is 43.5. The zero-order valence-electron chi connectivity index (χ0n) is 32.3. The maximum atomic E-state index is 12.2. The standard InChI is InChI=1S/C36H68N4O8P4/c1-5-9-29-19-37(35(49-41)51(43,44)45)21-31(29)11-13-33-25-40(17-15-39(16-18-40)23-27(7-3)28(8-4)24-39)26-34(33)14-12-32-22-38(20-30(32)10-6-2)36(50-42)52(46,47)48/h27-36H,5-26H2,1-4H3,(H2-2,43,44,45,46,47,48)/p+2. The van der Waals surface area contributed by atoms with Gasteiger partial charge in [0, 0.05) is 49.9 Å². The Balaban J connectivity index is 1.30. The molecule has 0 aromatic heterocycles. The molecule has 5 fully saturated rings. The lowest BCUT2D eigenvalue weighted by Crippen LogP contribution is -2.65. The highest BCUT2D eigenvalue weighted by molar-refractivity contribution is 7.62. The Morgan fingerprint density at radius 2 is 0.808 bits per heavy atom. The van der Waals surface area contributed by atoms with E-state index >= 15 is 0 Å². The molecule has 0 bridgehead atoms. The van der Waals surface area contributed by atoms with Crippen LogP contribution in [0.1, 0.15) is 91.9 Å². The average Bonchev–Trinajstić information content (AvgIpc) is 3.84. The summed E-state index contributed by atoms with van der Waals surface area (Å²) in [6.07, 6.45) is 10.8. The third-order valence-electron chi connectivity index (χ3n) is 14.8. The highest BCUT2D eigenvalue weighted by atomic mass is 31.2. The molecular weight excluding hydrogens is 740 g/mol. The smallest absolute Gasteiger partial charge is 0.323 e. The molecule has 300 valence electrons. The van der Waals surface area contributed by atoms with Gasteiger partial charge >= 0.3 is 15.2 Å². The van der Waals surface area contributed by atoms with Crippen molar-refractivity contribution in [3.05, 3.63) is 0 Å². The molecule has 5 rings (SSSR count). The lowest BCUT2D eigenvalue weighted by molar-refractivity contribution is -1.02. The molecule has 5 aliphatic rings. The Morgan fingerprint density at radius 1 is 0.519 bits per heavy atom. The second-order valence-electron chi connectivity index (χ2n) is 17.9. The van der Waals surface area contributed by atoms with Crippen molar-refractivity contribution in [2.75, 3.05) is 78.5 Å². The molecule has 0 aromatic carbocycles. The molecule has 0 amide bonds. The minimum atomic E-state index is -4.51. The van der Waals surface area contributed by atoms with Gasteiger partial charge in [-0.05, 0) is 75.0 Å². The molecule has 5 aliphatic heterocycles. The number of rotatable bonds is 18. The van der Waals surface area contributed by atoms with Gasteiger partial charge in [-0.2, -0.15) is 0 Å². The first-order chi connectivity index (χ1) is 24.6. The fourth-order valence-electron chi connectivity index (χ4n) is 12.0. The zero-order valence-corrected chi connectivity index (χ0v) is 35.9. The Morgan fingerprint density at radius 3 is 1.08 bits per heavy atom. The number of hydrogen-bond donors (Lipinski definition) is 4. The summed E-state index contributed by atoms with van der Waals surface area (Å²) in [5.41, 5.74) is -2.51. The minimum Gasteiger partial charge on any atom is -0.323 e. The van der Waals surface area contributed by atoms with Crippen molar-refractivity contribution in [1.82, 2.24) is 9.80 Å². The van der Waals surface area contributed by atoms with Crippen molar-refractivity contribution >= 4 is 32.1 Å². The number of piperazine rings is 1. The van der Waals surface area contributed by atoms with E-state index in [0.717, 1.165) is 63.2 Å². The molecular formula is C36H70N4O8P4+2. The molecule has 16 heteroatoms. The van der Waals surface area contributed by atoms with E-state index in [4.69, 9.17) is 0 Å². The van der Waals surface area contributed by atoms with Gasteiger partial charge < -0.3 is 28.5 Å². The Kier molecular flexibility index (Phi) is 15.3. The maximum absolute atomic E-state index is 12.2. The van der Waals surface area contributed by atoms with Crippen LogP contribution in [0.5, 0.6) is 0 Å². The SMILES string of the molecule is CCCC1CN(C(P=O)P(=O)(O)O)CC1CCC1C[N+]2(CC[N+]3(CC2)CC(CC)C(CC)C3)CC1CCC1CN(C(P=O)P(=O)(O)O)CC1CCC. The Labute approximate surface area is 316 Å². The summed E-state index contributed by atoms with van der Waals surface area (Å²) in [7, 11) is -10.0. The third kappa shape index (κ3) is 10.1. The van der Waals surface area contributed by atoms with Gasteiger partial charge in [0.25, 0.3) is 0 Å². The largest absolute Gasteiger partial charge is 0.354 e. The Hall–Kier alpha value is 0.340. The summed E-state index contributed by atoms with van der Waals surface area (Å²) in [5.74, 6) is 4.16. The van der Waals surface area contributed by atoms with E-state index in [1.54, 1.807) is 9.80 Å². The van der Waals surface area contributed by atoms with Gasteiger partial charge in [0.05, 0.1) is 26.2 Å². The van der Waals surface area contributed by atoms with Crippen LogP contribution >= 0.6 is 32.1 Å². The van der Waals surface area contributed by atoms with Crippen LogP contribution in [-0.4, -0.2) is 128 Å². The molecule has 5 saturated heterocycles. The van der Waals surface area contributed by atoms with Crippen molar-refractivity contribution in [3.8, 4) is 0 Å². The monoisotopic (exact) mass is 810 g/mol. The van der Waals surface area contributed by atoms with Gasteiger partial charge in [0.1, 0.15) is 26.2 Å². The van der Waals surface area contributed by atoms with Crippen molar-refractivity contribution < 1.29 is 46.8 Å². The predicted molar refractivity (Wildman–Crippen MR) is 206 cm³/mol. The molecule has 10 unspecified atom stereocenters. The van der Waals surface area contributed by atoms with Crippen molar-refractivity contribution in [3.63, 3.8) is 0 Å². The molecule has 10 atom stereocenters. The van der Waals surface area contributed by atoms with E-state index in [9.17, 15) is 37.8 Å². The van der Waals surface area contributed by atoms with Crippen LogP contribution in [0, 0.1) is 47.3 Å².